The fraction of sp³-hybridized carbons (Fsp3) is 0.278. The lowest BCUT2D eigenvalue weighted by Crippen LogP contribution is -2.31. The smallest absolute Gasteiger partial charge is 0.171 e. The quantitative estimate of drug-likeness (QED) is 0.806. The van der Waals surface area contributed by atoms with Crippen LogP contribution in [-0.2, 0) is 0 Å². The van der Waals surface area contributed by atoms with Gasteiger partial charge < -0.3 is 10.6 Å². The molecule has 0 fully saturated rings. The Kier molecular flexibility index (Phi) is 4.97. The molecule has 0 aliphatic carbocycles. The fourth-order valence-electron chi connectivity index (χ4n) is 2.46. The Morgan fingerprint density at radius 1 is 1.00 bits per heavy atom. The molecular weight excluding hydrogens is 276 g/mol. The van der Waals surface area contributed by atoms with Crippen LogP contribution in [0.4, 0.5) is 5.69 Å². The molecule has 0 aromatic heterocycles. The van der Waals surface area contributed by atoms with Crippen molar-refractivity contribution in [3.8, 4) is 0 Å². The van der Waals surface area contributed by atoms with E-state index in [4.69, 9.17) is 12.2 Å². The number of aryl methyl sites for hydroxylation is 3. The predicted octanol–water partition coefficient (Wildman–Crippen LogP) is 4.66. The second-order valence-electron chi connectivity index (χ2n) is 5.50. The Morgan fingerprint density at radius 3 is 2.38 bits per heavy atom. The molecule has 0 amide bonds. The Morgan fingerprint density at radius 2 is 1.71 bits per heavy atom. The molecule has 2 aromatic rings. The van der Waals surface area contributed by atoms with Crippen molar-refractivity contribution in [1.29, 1.82) is 0 Å². The number of nitrogens with one attached hydrogen (secondary N) is 2. The topological polar surface area (TPSA) is 24.1 Å². The number of thiocarbonyl (C=S) groups is 1. The van der Waals surface area contributed by atoms with Crippen LogP contribution in [-0.4, -0.2) is 5.11 Å². The standard InChI is InChI=1S/C18H22N2S/c1-12-9-10-17(14(3)11-12)20-18(21)19-15(4)16-8-6-5-7-13(16)2/h5-11,15H,1-4H3,(H2,19,20,21)/t15-/m0/s1. The minimum absolute atomic E-state index is 0.178. The molecule has 1 atom stereocenters. The molecule has 0 aliphatic rings. The van der Waals surface area contributed by atoms with Crippen LogP contribution in [0.15, 0.2) is 42.5 Å². The molecule has 0 saturated heterocycles. The van der Waals surface area contributed by atoms with E-state index in [0.29, 0.717) is 5.11 Å². The zero-order chi connectivity index (χ0) is 15.4. The molecule has 0 bridgehead atoms. The van der Waals surface area contributed by atoms with Gasteiger partial charge in [-0.05, 0) is 62.7 Å². The molecule has 2 rings (SSSR count). The maximum absolute atomic E-state index is 5.43. The van der Waals surface area contributed by atoms with Gasteiger partial charge in [-0.3, -0.25) is 0 Å². The largest absolute Gasteiger partial charge is 0.356 e. The summed E-state index contributed by atoms with van der Waals surface area (Å²) < 4.78 is 0. The maximum Gasteiger partial charge on any atom is 0.171 e. The SMILES string of the molecule is Cc1ccc(NC(=S)N[C@@H](C)c2ccccc2C)c(C)c1. The molecule has 2 nitrogen and oxygen atoms in total. The van der Waals surface area contributed by atoms with Crippen molar-refractivity contribution in [2.24, 2.45) is 0 Å². The van der Waals surface area contributed by atoms with Crippen LogP contribution >= 0.6 is 12.2 Å². The lowest BCUT2D eigenvalue weighted by atomic mass is 10.0. The number of benzene rings is 2. The van der Waals surface area contributed by atoms with Gasteiger partial charge in [-0.1, -0.05) is 42.0 Å². The van der Waals surface area contributed by atoms with Gasteiger partial charge in [-0.2, -0.15) is 0 Å². The first-order valence-electron chi connectivity index (χ1n) is 7.17. The molecule has 0 saturated carbocycles. The van der Waals surface area contributed by atoms with Crippen molar-refractivity contribution in [2.45, 2.75) is 33.7 Å². The van der Waals surface area contributed by atoms with E-state index < -0.39 is 0 Å². The number of hydrogen-bond acceptors (Lipinski definition) is 1. The van der Waals surface area contributed by atoms with E-state index in [1.165, 1.54) is 22.3 Å². The second kappa shape index (κ2) is 6.72. The Balaban J connectivity index is 2.03. The van der Waals surface area contributed by atoms with Crippen molar-refractivity contribution in [2.75, 3.05) is 5.32 Å². The molecule has 21 heavy (non-hydrogen) atoms. The van der Waals surface area contributed by atoms with Crippen LogP contribution in [0.25, 0.3) is 0 Å². The van der Waals surface area contributed by atoms with Gasteiger partial charge in [-0.25, -0.2) is 0 Å². The zero-order valence-corrected chi connectivity index (χ0v) is 13.8. The normalized spacial score (nSPS) is 11.8. The van der Waals surface area contributed by atoms with Crippen LogP contribution in [0, 0.1) is 20.8 Å². The highest BCUT2D eigenvalue weighted by Gasteiger charge is 2.09. The number of hydrogen-bond donors (Lipinski definition) is 2. The van der Waals surface area contributed by atoms with Crippen molar-refractivity contribution >= 4 is 23.0 Å². The lowest BCUT2D eigenvalue weighted by molar-refractivity contribution is 0.717. The zero-order valence-electron chi connectivity index (χ0n) is 13.0. The van der Waals surface area contributed by atoms with Gasteiger partial charge in [-0.15, -0.1) is 0 Å². The molecule has 110 valence electrons. The molecular formula is C18H22N2S. The van der Waals surface area contributed by atoms with E-state index in [9.17, 15) is 0 Å². The summed E-state index contributed by atoms with van der Waals surface area (Å²) in [5, 5.41) is 7.28. The summed E-state index contributed by atoms with van der Waals surface area (Å²) >= 11 is 5.43. The number of rotatable bonds is 3. The van der Waals surface area contributed by atoms with E-state index in [0.717, 1.165) is 5.69 Å². The third-order valence-electron chi connectivity index (χ3n) is 3.63. The Bertz CT molecular complexity index is 649. The average Bonchev–Trinajstić information content (AvgIpc) is 2.42. The molecule has 0 heterocycles. The van der Waals surface area contributed by atoms with Gasteiger partial charge in [0.25, 0.3) is 0 Å². The van der Waals surface area contributed by atoms with Crippen LogP contribution < -0.4 is 10.6 Å². The summed E-state index contributed by atoms with van der Waals surface area (Å²) in [7, 11) is 0. The van der Waals surface area contributed by atoms with E-state index >= 15 is 0 Å². The number of anilines is 1. The first kappa shape index (κ1) is 15.5. The monoisotopic (exact) mass is 298 g/mol. The van der Waals surface area contributed by atoms with Gasteiger partial charge >= 0.3 is 0 Å². The highest BCUT2D eigenvalue weighted by atomic mass is 32.1. The minimum Gasteiger partial charge on any atom is -0.356 e. The van der Waals surface area contributed by atoms with E-state index in [2.05, 4.69) is 80.8 Å². The molecule has 0 spiro atoms. The third kappa shape index (κ3) is 4.05. The molecule has 0 radical (unpaired) electrons. The molecule has 2 N–H and O–H groups in total. The minimum atomic E-state index is 0.178. The second-order valence-corrected chi connectivity index (χ2v) is 5.90. The summed E-state index contributed by atoms with van der Waals surface area (Å²) in [6.07, 6.45) is 0. The molecule has 2 aromatic carbocycles. The van der Waals surface area contributed by atoms with E-state index in [1.54, 1.807) is 0 Å². The first-order chi connectivity index (χ1) is 9.97. The van der Waals surface area contributed by atoms with E-state index in [-0.39, 0.29) is 6.04 Å². The van der Waals surface area contributed by atoms with Crippen molar-refractivity contribution in [3.63, 3.8) is 0 Å². The van der Waals surface area contributed by atoms with Gasteiger partial charge in [0.2, 0.25) is 0 Å². The van der Waals surface area contributed by atoms with Crippen molar-refractivity contribution in [1.82, 2.24) is 5.32 Å². The molecule has 0 aliphatic heterocycles. The summed E-state index contributed by atoms with van der Waals surface area (Å²) in [5.74, 6) is 0. The van der Waals surface area contributed by atoms with E-state index in [1.807, 2.05) is 0 Å². The highest BCUT2D eigenvalue weighted by Crippen LogP contribution is 2.18. The van der Waals surface area contributed by atoms with Crippen LogP contribution in [0.5, 0.6) is 0 Å². The fourth-order valence-corrected chi connectivity index (χ4v) is 2.75. The molecule has 0 unspecified atom stereocenters. The summed E-state index contributed by atoms with van der Waals surface area (Å²) in [5.41, 5.74) is 6.04. The Labute approximate surface area is 132 Å². The maximum atomic E-state index is 5.43. The van der Waals surface area contributed by atoms with Crippen LogP contribution in [0.1, 0.15) is 35.2 Å². The third-order valence-corrected chi connectivity index (χ3v) is 3.85. The van der Waals surface area contributed by atoms with Gasteiger partial charge in [0.1, 0.15) is 0 Å². The first-order valence-corrected chi connectivity index (χ1v) is 7.58. The van der Waals surface area contributed by atoms with Crippen LogP contribution in [0.2, 0.25) is 0 Å². The van der Waals surface area contributed by atoms with Crippen LogP contribution in [0.3, 0.4) is 0 Å². The lowest BCUT2D eigenvalue weighted by Gasteiger charge is -2.19. The summed E-state index contributed by atoms with van der Waals surface area (Å²) in [4.78, 5) is 0. The summed E-state index contributed by atoms with van der Waals surface area (Å²) in [6.45, 7) is 8.42. The van der Waals surface area contributed by atoms with Gasteiger partial charge in [0, 0.05) is 5.69 Å². The molecule has 3 heteroatoms. The Hall–Kier alpha value is -1.87. The van der Waals surface area contributed by atoms with Crippen molar-refractivity contribution < 1.29 is 0 Å². The van der Waals surface area contributed by atoms with Gasteiger partial charge in [0.15, 0.2) is 5.11 Å². The van der Waals surface area contributed by atoms with Gasteiger partial charge in [0.05, 0.1) is 6.04 Å². The highest BCUT2D eigenvalue weighted by molar-refractivity contribution is 7.80. The predicted molar refractivity (Wildman–Crippen MR) is 94.9 cm³/mol. The average molecular weight is 298 g/mol. The van der Waals surface area contributed by atoms with Crippen molar-refractivity contribution in [3.05, 3.63) is 64.7 Å². The summed E-state index contributed by atoms with van der Waals surface area (Å²) in [6, 6.07) is 14.8.